The Bertz CT molecular complexity index is 1320. The zero-order valence-corrected chi connectivity index (χ0v) is 28.7. The van der Waals surface area contributed by atoms with Gasteiger partial charge in [-0.05, 0) is 38.1 Å². The molecule has 2 rings (SSSR count). The molecule has 278 valence electrons. The Morgan fingerprint density at radius 2 is 1.38 bits per heavy atom. The van der Waals surface area contributed by atoms with Crippen molar-refractivity contribution >= 4 is 47.3 Å². The fourth-order valence-electron chi connectivity index (χ4n) is 5.74. The molecule has 0 spiro atoms. The van der Waals surface area contributed by atoms with E-state index in [2.05, 4.69) is 32.7 Å². The molecule has 18 heteroatoms. The van der Waals surface area contributed by atoms with Crippen LogP contribution in [0.25, 0.3) is 0 Å². The van der Waals surface area contributed by atoms with E-state index in [9.17, 15) is 43.5 Å². The van der Waals surface area contributed by atoms with E-state index in [1.807, 2.05) is 6.92 Å². The highest BCUT2D eigenvalue weighted by Crippen LogP contribution is 2.24. The van der Waals surface area contributed by atoms with Crippen molar-refractivity contribution in [2.75, 3.05) is 13.1 Å². The number of terminal acetylenes is 1. The Morgan fingerprint density at radius 3 is 1.90 bits per heavy atom. The van der Waals surface area contributed by atoms with Gasteiger partial charge in [0.2, 0.25) is 41.4 Å². The topological polar surface area (TPSA) is 281 Å². The van der Waals surface area contributed by atoms with Crippen molar-refractivity contribution in [3.63, 3.8) is 0 Å². The molecule has 2 fully saturated rings. The number of carboxylic acid groups (broad SMARTS) is 1. The molecule has 50 heavy (non-hydrogen) atoms. The van der Waals surface area contributed by atoms with Crippen LogP contribution in [-0.4, -0.2) is 113 Å². The van der Waals surface area contributed by atoms with Gasteiger partial charge >= 0.3 is 5.97 Å². The number of carboxylic acids is 1. The number of carbonyl (C=O) groups is 8. The molecule has 2 heterocycles. The van der Waals surface area contributed by atoms with Crippen molar-refractivity contribution in [1.82, 2.24) is 31.5 Å². The number of hydrogen-bond acceptors (Lipinski definition) is 10. The van der Waals surface area contributed by atoms with Crippen LogP contribution in [0.5, 0.6) is 0 Å². The number of aliphatic carboxylic acids is 1. The normalized spacial score (nSPS) is 27.0. The van der Waals surface area contributed by atoms with E-state index in [4.69, 9.17) is 22.6 Å². The lowest BCUT2D eigenvalue weighted by atomic mass is 10.0. The molecule has 0 aliphatic carbocycles. The predicted molar refractivity (Wildman–Crippen MR) is 177 cm³/mol. The van der Waals surface area contributed by atoms with E-state index < -0.39 is 108 Å². The number of nitrogens with zero attached hydrogens (tertiary/aromatic N) is 1. The zero-order chi connectivity index (χ0) is 37.5. The summed E-state index contributed by atoms with van der Waals surface area (Å²) in [5, 5.41) is 22.0. The van der Waals surface area contributed by atoms with Gasteiger partial charge < -0.3 is 52.8 Å². The van der Waals surface area contributed by atoms with Crippen LogP contribution < -0.4 is 38.1 Å². The van der Waals surface area contributed by atoms with Crippen LogP contribution in [0.2, 0.25) is 0 Å². The quantitative estimate of drug-likeness (QED) is 0.0722. The largest absolute Gasteiger partial charge is 0.481 e. The third-order valence-electron chi connectivity index (χ3n) is 8.42. The molecule has 2 aliphatic rings. The first kappa shape index (κ1) is 41.3. The average molecular weight is 707 g/mol. The first-order valence-electron chi connectivity index (χ1n) is 16.8. The number of ether oxygens (including phenoxy) is 1. The van der Waals surface area contributed by atoms with Gasteiger partial charge in [0, 0.05) is 6.42 Å². The SMILES string of the molecule is C#CO[C@H]1C[C@@H]2C(=O)N[C@@H](CCCCN)C(=O)N[C@@H](CCCC)C(=O)N[C@@H](CC(=O)O)C(=O)N[C@@H](CC(N)=O)C(=O)N[C@H](C(C)C)C(=O)N2C1. The minimum atomic E-state index is -1.75. The van der Waals surface area contributed by atoms with Crippen LogP contribution >= 0.6 is 0 Å². The highest BCUT2D eigenvalue weighted by atomic mass is 16.5. The summed E-state index contributed by atoms with van der Waals surface area (Å²) in [6.07, 6.45) is 7.16. The fourth-order valence-corrected chi connectivity index (χ4v) is 5.74. The highest BCUT2D eigenvalue weighted by Gasteiger charge is 2.45. The number of nitrogens with two attached hydrogens (primary N) is 2. The number of fused-ring (bicyclic) bond motifs is 1. The molecule has 0 saturated carbocycles. The summed E-state index contributed by atoms with van der Waals surface area (Å²) in [6.45, 7) is 5.25. The molecule has 0 aromatic rings. The van der Waals surface area contributed by atoms with Gasteiger partial charge in [-0.3, -0.25) is 38.4 Å². The summed E-state index contributed by atoms with van der Waals surface area (Å²) in [6, 6.07) is -8.34. The summed E-state index contributed by atoms with van der Waals surface area (Å²) < 4.78 is 5.29. The lowest BCUT2D eigenvalue weighted by Gasteiger charge is -2.32. The number of nitrogens with one attached hydrogen (secondary N) is 5. The molecule has 7 amide bonds. The summed E-state index contributed by atoms with van der Waals surface area (Å²) in [7, 11) is 0. The van der Waals surface area contributed by atoms with Crippen LogP contribution in [0.4, 0.5) is 0 Å². The van der Waals surface area contributed by atoms with E-state index in [0.29, 0.717) is 32.2 Å². The maximum absolute atomic E-state index is 14.0. The molecule has 2 aliphatic heterocycles. The van der Waals surface area contributed by atoms with Crippen LogP contribution in [0, 0.1) is 18.4 Å². The standard InChI is InChI=1S/C32H50N8O10/c1-5-7-10-19-28(45)38-22(15-25(42)43)29(46)37-21(14-24(34)41)30(47)39-26(17(3)4)32(49)40-16-18(50-6-2)13-23(40)31(48)36-20(27(44)35-19)11-8-9-12-33/h2,17-23,26H,5,7-16,33H2,1,3-4H3,(H2,34,41)(H,35,44)(H,36,48)(H,37,46)(H,38,45)(H,39,47)(H,42,43)/t18-,19-,20-,21-,22-,23+,26+/m0/s1. The first-order valence-corrected chi connectivity index (χ1v) is 16.8. The van der Waals surface area contributed by atoms with Gasteiger partial charge in [0.05, 0.1) is 19.4 Å². The smallest absolute Gasteiger partial charge is 0.305 e. The maximum Gasteiger partial charge on any atom is 0.305 e. The third-order valence-corrected chi connectivity index (χ3v) is 8.42. The molecule has 0 aromatic heterocycles. The second-order valence-electron chi connectivity index (χ2n) is 12.8. The molecule has 0 aromatic carbocycles. The summed E-state index contributed by atoms with van der Waals surface area (Å²) in [4.78, 5) is 107. The van der Waals surface area contributed by atoms with Gasteiger partial charge in [-0.25, -0.2) is 0 Å². The minimum absolute atomic E-state index is 0.0372. The number of unbranched alkanes of at least 4 members (excludes halogenated alkanes) is 2. The second-order valence-corrected chi connectivity index (χ2v) is 12.8. The van der Waals surface area contributed by atoms with Crippen molar-refractivity contribution in [2.45, 2.75) is 121 Å². The maximum atomic E-state index is 14.0. The van der Waals surface area contributed by atoms with Gasteiger partial charge in [-0.2, -0.15) is 0 Å². The van der Waals surface area contributed by atoms with Crippen LogP contribution in [0.3, 0.4) is 0 Å². The summed E-state index contributed by atoms with van der Waals surface area (Å²) in [5.41, 5.74) is 11.0. The number of carbonyl (C=O) groups excluding carboxylic acids is 7. The molecular formula is C32H50N8O10. The molecule has 0 bridgehead atoms. The van der Waals surface area contributed by atoms with Crippen LogP contribution in [0.15, 0.2) is 0 Å². The lowest BCUT2D eigenvalue weighted by Crippen LogP contribution is -2.62. The number of rotatable bonds is 13. The van der Waals surface area contributed by atoms with Crippen molar-refractivity contribution < 1.29 is 48.2 Å². The number of primary amides is 1. The van der Waals surface area contributed by atoms with Crippen molar-refractivity contribution in [2.24, 2.45) is 17.4 Å². The van der Waals surface area contributed by atoms with Crippen molar-refractivity contribution in [3.05, 3.63) is 0 Å². The third kappa shape index (κ3) is 12.2. The summed E-state index contributed by atoms with van der Waals surface area (Å²) in [5.74, 6) is -8.24. The molecule has 10 N–H and O–H groups in total. The Hall–Kier alpha value is -4.92. The van der Waals surface area contributed by atoms with E-state index in [1.165, 1.54) is 4.90 Å². The van der Waals surface area contributed by atoms with Gasteiger partial charge in [0.15, 0.2) is 0 Å². The predicted octanol–water partition coefficient (Wildman–Crippen LogP) is -2.67. The van der Waals surface area contributed by atoms with Crippen LogP contribution in [-0.2, 0) is 43.1 Å². The van der Waals surface area contributed by atoms with E-state index in [-0.39, 0.29) is 25.8 Å². The monoisotopic (exact) mass is 706 g/mol. The molecule has 7 atom stereocenters. The minimum Gasteiger partial charge on any atom is -0.481 e. The molecule has 0 unspecified atom stereocenters. The van der Waals surface area contributed by atoms with E-state index in [0.717, 1.165) is 0 Å². The molecular weight excluding hydrogens is 656 g/mol. The van der Waals surface area contributed by atoms with Gasteiger partial charge in [0.1, 0.15) is 48.5 Å². The van der Waals surface area contributed by atoms with Gasteiger partial charge in [-0.15, -0.1) is 0 Å². The lowest BCUT2D eigenvalue weighted by molar-refractivity contribution is -0.144. The summed E-state index contributed by atoms with van der Waals surface area (Å²) >= 11 is 0. The molecule has 18 nitrogen and oxygen atoms in total. The molecule has 2 saturated heterocycles. The second kappa shape index (κ2) is 19.9. The van der Waals surface area contributed by atoms with Crippen LogP contribution in [0.1, 0.15) is 78.6 Å². The zero-order valence-electron chi connectivity index (χ0n) is 28.7. The fraction of sp³-hybridized carbons (Fsp3) is 0.688. The van der Waals surface area contributed by atoms with Gasteiger partial charge in [0.25, 0.3) is 0 Å². The average Bonchev–Trinajstić information content (AvgIpc) is 3.47. The van der Waals surface area contributed by atoms with E-state index in [1.54, 1.807) is 13.8 Å². The Morgan fingerprint density at radius 1 is 0.860 bits per heavy atom. The first-order chi connectivity index (χ1) is 23.6. The van der Waals surface area contributed by atoms with Crippen molar-refractivity contribution in [3.8, 4) is 12.5 Å². The highest BCUT2D eigenvalue weighted by molar-refractivity contribution is 6.00. The van der Waals surface area contributed by atoms with E-state index >= 15 is 0 Å². The Labute approximate surface area is 290 Å². The Kier molecular flexibility index (Phi) is 16.4. The number of hydrogen-bond donors (Lipinski definition) is 8. The number of amides is 7. The van der Waals surface area contributed by atoms with Crippen molar-refractivity contribution in [1.29, 1.82) is 0 Å². The Balaban J connectivity index is 2.68. The van der Waals surface area contributed by atoms with Gasteiger partial charge in [-0.1, -0.05) is 40.0 Å². The molecule has 0 radical (unpaired) electrons.